The number of benzene rings is 1. The number of aromatic nitrogens is 1. The molecule has 2 atom stereocenters. The highest BCUT2D eigenvalue weighted by Gasteiger charge is 2.23. The molecule has 26 heavy (non-hydrogen) atoms. The largest absolute Gasteiger partial charge is 0.479 e. The SMILES string of the molecule is Cc1cc(NC(=O)C(C)SCC(=O)N[C@H](C(=O)O)c2ccccc2)no1. The summed E-state index contributed by atoms with van der Waals surface area (Å²) in [6, 6.07) is 8.86. The lowest BCUT2D eigenvalue weighted by Crippen LogP contribution is -2.35. The molecule has 1 heterocycles. The van der Waals surface area contributed by atoms with Gasteiger partial charge in [-0.3, -0.25) is 9.59 Å². The molecule has 2 amide bonds. The molecule has 8 nitrogen and oxygen atoms in total. The molecule has 0 radical (unpaired) electrons. The van der Waals surface area contributed by atoms with Gasteiger partial charge in [0.15, 0.2) is 11.9 Å². The Morgan fingerprint density at radius 1 is 1.27 bits per heavy atom. The van der Waals surface area contributed by atoms with Crippen LogP contribution in [0.25, 0.3) is 0 Å². The van der Waals surface area contributed by atoms with Crippen LogP contribution in [0.1, 0.15) is 24.3 Å². The van der Waals surface area contributed by atoms with Crippen molar-refractivity contribution in [3.8, 4) is 0 Å². The summed E-state index contributed by atoms with van der Waals surface area (Å²) in [5.41, 5.74) is 0.477. The van der Waals surface area contributed by atoms with Crippen molar-refractivity contribution < 1.29 is 24.0 Å². The van der Waals surface area contributed by atoms with Gasteiger partial charge in [-0.25, -0.2) is 4.79 Å². The quantitative estimate of drug-likeness (QED) is 0.643. The van der Waals surface area contributed by atoms with Crippen LogP contribution in [0.4, 0.5) is 5.82 Å². The predicted molar refractivity (Wildman–Crippen MR) is 96.8 cm³/mol. The van der Waals surface area contributed by atoms with Gasteiger partial charge in [-0.15, -0.1) is 11.8 Å². The first kappa shape index (κ1) is 19.5. The predicted octanol–water partition coefficient (Wildman–Crippen LogP) is 1.99. The fourth-order valence-electron chi connectivity index (χ4n) is 2.07. The first-order valence-corrected chi connectivity index (χ1v) is 8.84. The summed E-state index contributed by atoms with van der Waals surface area (Å²) >= 11 is 1.09. The second-order valence-electron chi connectivity index (χ2n) is 5.51. The van der Waals surface area contributed by atoms with Crippen molar-refractivity contribution in [3.63, 3.8) is 0 Å². The van der Waals surface area contributed by atoms with Crippen molar-refractivity contribution >= 4 is 35.4 Å². The molecule has 138 valence electrons. The normalized spacial score (nSPS) is 12.8. The first-order valence-electron chi connectivity index (χ1n) is 7.79. The van der Waals surface area contributed by atoms with Gasteiger partial charge >= 0.3 is 5.97 Å². The third kappa shape index (κ3) is 5.62. The van der Waals surface area contributed by atoms with Gasteiger partial charge in [0.1, 0.15) is 5.76 Å². The van der Waals surface area contributed by atoms with E-state index in [1.54, 1.807) is 50.2 Å². The zero-order valence-electron chi connectivity index (χ0n) is 14.3. The number of amides is 2. The van der Waals surface area contributed by atoms with E-state index in [9.17, 15) is 19.5 Å². The lowest BCUT2D eigenvalue weighted by atomic mass is 10.1. The zero-order chi connectivity index (χ0) is 19.1. The average molecular weight is 377 g/mol. The summed E-state index contributed by atoms with van der Waals surface area (Å²) in [6.07, 6.45) is 0. The first-order chi connectivity index (χ1) is 12.4. The van der Waals surface area contributed by atoms with Crippen molar-refractivity contribution in [3.05, 3.63) is 47.7 Å². The van der Waals surface area contributed by atoms with Gasteiger partial charge < -0.3 is 20.3 Å². The van der Waals surface area contributed by atoms with E-state index in [1.807, 2.05) is 0 Å². The Bertz CT molecular complexity index is 778. The van der Waals surface area contributed by atoms with Gasteiger partial charge in [0.25, 0.3) is 0 Å². The van der Waals surface area contributed by atoms with Crippen LogP contribution in [-0.4, -0.2) is 39.0 Å². The third-order valence-corrected chi connectivity index (χ3v) is 4.54. The fourth-order valence-corrected chi connectivity index (χ4v) is 2.76. The number of aliphatic carboxylic acids is 1. The number of carbonyl (C=O) groups is 3. The maximum absolute atomic E-state index is 12.1. The van der Waals surface area contributed by atoms with Crippen molar-refractivity contribution in [1.82, 2.24) is 10.5 Å². The second-order valence-corrected chi connectivity index (χ2v) is 6.84. The Balaban J connectivity index is 1.84. The lowest BCUT2D eigenvalue weighted by Gasteiger charge is -2.15. The van der Waals surface area contributed by atoms with Crippen molar-refractivity contribution in [1.29, 1.82) is 0 Å². The van der Waals surface area contributed by atoms with E-state index in [0.29, 0.717) is 17.1 Å². The molecule has 3 N–H and O–H groups in total. The molecule has 0 aliphatic carbocycles. The van der Waals surface area contributed by atoms with Gasteiger partial charge in [0.2, 0.25) is 11.8 Å². The number of nitrogens with zero attached hydrogens (tertiary/aromatic N) is 1. The van der Waals surface area contributed by atoms with Crippen LogP contribution < -0.4 is 10.6 Å². The van der Waals surface area contributed by atoms with Gasteiger partial charge in [-0.05, 0) is 19.4 Å². The molecule has 1 unspecified atom stereocenters. The summed E-state index contributed by atoms with van der Waals surface area (Å²) in [6.45, 7) is 3.35. The minimum Gasteiger partial charge on any atom is -0.479 e. The standard InChI is InChI=1S/C17H19N3O5S/c1-10-8-13(20-25-10)18-16(22)11(2)26-9-14(21)19-15(17(23)24)12-6-4-3-5-7-12/h3-8,11,15H,9H2,1-2H3,(H,19,21)(H,23,24)(H,18,20,22)/t11?,15-/m0/s1. The third-order valence-electron chi connectivity index (χ3n) is 3.40. The van der Waals surface area contributed by atoms with Crippen LogP contribution in [0.5, 0.6) is 0 Å². The molecule has 2 rings (SSSR count). The van der Waals surface area contributed by atoms with Crippen LogP contribution >= 0.6 is 11.8 Å². The number of carboxylic acids is 1. The fraction of sp³-hybridized carbons (Fsp3) is 0.294. The van der Waals surface area contributed by atoms with E-state index >= 15 is 0 Å². The number of hydrogen-bond acceptors (Lipinski definition) is 6. The molecule has 0 fully saturated rings. The highest BCUT2D eigenvalue weighted by molar-refractivity contribution is 8.01. The number of nitrogens with one attached hydrogen (secondary N) is 2. The smallest absolute Gasteiger partial charge is 0.330 e. The van der Waals surface area contributed by atoms with Gasteiger partial charge in [-0.1, -0.05) is 35.5 Å². The maximum atomic E-state index is 12.1. The molecule has 1 aromatic carbocycles. The highest BCUT2D eigenvalue weighted by atomic mass is 32.2. The van der Waals surface area contributed by atoms with Gasteiger partial charge in [0.05, 0.1) is 11.0 Å². The summed E-state index contributed by atoms with van der Waals surface area (Å²) in [5, 5.41) is 17.5. The van der Waals surface area contributed by atoms with Crippen molar-refractivity contribution in [2.24, 2.45) is 0 Å². The molecular weight excluding hydrogens is 358 g/mol. The number of carboxylic acid groups (broad SMARTS) is 1. The molecule has 1 aromatic heterocycles. The summed E-state index contributed by atoms with van der Waals surface area (Å²) in [4.78, 5) is 35.5. The molecular formula is C17H19N3O5S. The summed E-state index contributed by atoms with van der Waals surface area (Å²) < 4.78 is 4.86. The maximum Gasteiger partial charge on any atom is 0.330 e. The van der Waals surface area contributed by atoms with Crippen molar-refractivity contribution in [2.45, 2.75) is 25.1 Å². The second kappa shape index (κ2) is 9.04. The average Bonchev–Trinajstić information content (AvgIpc) is 3.02. The number of hydrogen-bond donors (Lipinski definition) is 3. The molecule has 0 spiro atoms. The Labute approximate surface area is 154 Å². The molecule has 0 aliphatic rings. The van der Waals surface area contributed by atoms with Crippen LogP contribution in [0, 0.1) is 6.92 Å². The summed E-state index contributed by atoms with van der Waals surface area (Å²) in [7, 11) is 0. The van der Waals surface area contributed by atoms with E-state index in [2.05, 4.69) is 15.8 Å². The number of anilines is 1. The Morgan fingerprint density at radius 2 is 1.96 bits per heavy atom. The van der Waals surface area contributed by atoms with Gasteiger partial charge in [0, 0.05) is 6.07 Å². The van der Waals surface area contributed by atoms with Crippen molar-refractivity contribution in [2.75, 3.05) is 11.1 Å². The number of carbonyl (C=O) groups excluding carboxylic acids is 2. The van der Waals surface area contributed by atoms with Crippen LogP contribution in [0.2, 0.25) is 0 Å². The molecule has 0 aliphatic heterocycles. The monoisotopic (exact) mass is 377 g/mol. The minimum absolute atomic E-state index is 0.0525. The molecule has 0 saturated heterocycles. The Morgan fingerprint density at radius 3 is 2.54 bits per heavy atom. The topological polar surface area (TPSA) is 122 Å². The molecule has 9 heteroatoms. The zero-order valence-corrected chi connectivity index (χ0v) is 15.1. The molecule has 0 saturated carbocycles. The lowest BCUT2D eigenvalue weighted by molar-refractivity contribution is -0.141. The number of aryl methyl sites for hydroxylation is 1. The Kier molecular flexibility index (Phi) is 6.79. The van der Waals surface area contributed by atoms with E-state index < -0.39 is 23.2 Å². The van der Waals surface area contributed by atoms with Crippen LogP contribution in [-0.2, 0) is 14.4 Å². The minimum atomic E-state index is -1.15. The van der Waals surface area contributed by atoms with Crippen LogP contribution in [0.3, 0.4) is 0 Å². The number of thioether (sulfide) groups is 1. The highest BCUT2D eigenvalue weighted by Crippen LogP contribution is 2.16. The molecule has 2 aromatic rings. The van der Waals surface area contributed by atoms with E-state index in [0.717, 1.165) is 11.8 Å². The van der Waals surface area contributed by atoms with E-state index in [-0.39, 0.29) is 11.7 Å². The Hall–Kier alpha value is -2.81. The molecule has 0 bridgehead atoms. The van der Waals surface area contributed by atoms with E-state index in [4.69, 9.17) is 4.52 Å². The van der Waals surface area contributed by atoms with E-state index in [1.165, 1.54) is 0 Å². The summed E-state index contributed by atoms with van der Waals surface area (Å²) in [5.74, 6) is -1.12. The van der Waals surface area contributed by atoms with Gasteiger partial charge in [-0.2, -0.15) is 0 Å². The van der Waals surface area contributed by atoms with Crippen LogP contribution in [0.15, 0.2) is 40.9 Å². The number of rotatable bonds is 8.